The second kappa shape index (κ2) is 3.76. The van der Waals surface area contributed by atoms with Gasteiger partial charge in [0, 0.05) is 0 Å². The van der Waals surface area contributed by atoms with Crippen LogP contribution in [-0.4, -0.2) is 11.9 Å². The first-order valence-electron chi connectivity index (χ1n) is 1.66. The summed E-state index contributed by atoms with van der Waals surface area (Å²) in [5.41, 5.74) is 9.13. The number of thiol groups is 1. The van der Waals surface area contributed by atoms with Crippen LogP contribution in [0.5, 0.6) is 0 Å². The van der Waals surface area contributed by atoms with Crippen molar-refractivity contribution in [3.8, 4) is 0 Å². The monoisotopic (exact) mass is 121 g/mol. The van der Waals surface area contributed by atoms with Crippen LogP contribution in [0.2, 0.25) is 0 Å². The average molecular weight is 121 g/mol. The van der Waals surface area contributed by atoms with Gasteiger partial charge in [-0.2, -0.15) is 12.6 Å². The van der Waals surface area contributed by atoms with Gasteiger partial charge in [0.2, 0.25) is 0 Å². The van der Waals surface area contributed by atoms with Crippen LogP contribution < -0.4 is 16.6 Å². The molecule has 0 aliphatic carbocycles. The number of carbonyl (C=O) groups is 1. The van der Waals surface area contributed by atoms with Crippen molar-refractivity contribution < 1.29 is 4.79 Å². The highest BCUT2D eigenvalue weighted by Crippen LogP contribution is 1.57. The Morgan fingerprint density at radius 2 is 2.43 bits per heavy atom. The number of hydrazine groups is 1. The topological polar surface area (TPSA) is 67.2 Å². The van der Waals surface area contributed by atoms with Crippen molar-refractivity contribution in [1.82, 2.24) is 10.9 Å². The molecule has 0 atom stereocenters. The molecule has 0 aromatic heterocycles. The fourth-order valence-corrected chi connectivity index (χ4v) is 0.206. The highest BCUT2D eigenvalue weighted by Gasteiger charge is 1.82. The molecule has 7 heavy (non-hydrogen) atoms. The number of hydrogen-bond acceptors (Lipinski definition) is 3. The van der Waals surface area contributed by atoms with E-state index in [0.717, 1.165) is 0 Å². The van der Waals surface area contributed by atoms with E-state index in [-0.39, 0.29) is 0 Å². The molecule has 0 aromatic rings. The Morgan fingerprint density at radius 3 is 2.57 bits per heavy atom. The van der Waals surface area contributed by atoms with Crippen molar-refractivity contribution in [2.24, 2.45) is 5.73 Å². The standard InChI is InChI=1S/C2H7N3OS/c3-2(6)5-4-1-7/h4,7H,1H2,(H3,3,5,6). The summed E-state index contributed by atoms with van der Waals surface area (Å²) in [5.74, 6) is 0.378. The number of urea groups is 1. The highest BCUT2D eigenvalue weighted by atomic mass is 32.1. The fraction of sp³-hybridized carbons (Fsp3) is 0.500. The third kappa shape index (κ3) is 5.58. The second-order valence-corrected chi connectivity index (χ2v) is 1.14. The lowest BCUT2D eigenvalue weighted by molar-refractivity contribution is 0.246. The average Bonchev–Trinajstić information content (AvgIpc) is 1.61. The Morgan fingerprint density at radius 1 is 1.86 bits per heavy atom. The Hall–Kier alpha value is -0.420. The summed E-state index contributed by atoms with van der Waals surface area (Å²) in [4.78, 5) is 9.77. The molecule has 0 rings (SSSR count). The van der Waals surface area contributed by atoms with Crippen LogP contribution in [0.25, 0.3) is 0 Å². The van der Waals surface area contributed by atoms with Gasteiger partial charge in [0.1, 0.15) is 0 Å². The van der Waals surface area contributed by atoms with Crippen LogP contribution in [0, 0.1) is 0 Å². The zero-order valence-corrected chi connectivity index (χ0v) is 4.53. The molecule has 0 unspecified atom stereocenters. The molecule has 0 fully saturated rings. The first-order chi connectivity index (χ1) is 3.27. The predicted octanol–water partition coefficient (Wildman–Crippen LogP) is -0.953. The summed E-state index contributed by atoms with van der Waals surface area (Å²) in [5, 5.41) is 0. The first-order valence-corrected chi connectivity index (χ1v) is 2.30. The summed E-state index contributed by atoms with van der Waals surface area (Å²) in [6.45, 7) is 0. The van der Waals surface area contributed by atoms with Crippen molar-refractivity contribution in [2.75, 3.05) is 5.88 Å². The van der Waals surface area contributed by atoms with E-state index in [4.69, 9.17) is 0 Å². The zero-order valence-electron chi connectivity index (χ0n) is 3.64. The molecule has 0 saturated carbocycles. The van der Waals surface area contributed by atoms with Crippen molar-refractivity contribution in [2.45, 2.75) is 0 Å². The van der Waals surface area contributed by atoms with Crippen LogP contribution >= 0.6 is 12.6 Å². The summed E-state index contributed by atoms with van der Waals surface area (Å²) in [6, 6.07) is -0.603. The van der Waals surface area contributed by atoms with E-state index >= 15 is 0 Å². The van der Waals surface area contributed by atoms with Gasteiger partial charge >= 0.3 is 6.03 Å². The minimum Gasteiger partial charge on any atom is -0.351 e. The summed E-state index contributed by atoms with van der Waals surface area (Å²) in [6.07, 6.45) is 0. The van der Waals surface area contributed by atoms with Crippen molar-refractivity contribution in [3.63, 3.8) is 0 Å². The lowest BCUT2D eigenvalue weighted by Crippen LogP contribution is -2.40. The molecule has 0 radical (unpaired) electrons. The summed E-state index contributed by atoms with van der Waals surface area (Å²) < 4.78 is 0. The minimum absolute atomic E-state index is 0.378. The number of hydrogen-bond donors (Lipinski definition) is 4. The molecule has 4 N–H and O–H groups in total. The molecular weight excluding hydrogens is 114 g/mol. The maximum absolute atomic E-state index is 9.77. The molecule has 0 spiro atoms. The number of rotatable bonds is 2. The van der Waals surface area contributed by atoms with E-state index in [1.54, 1.807) is 0 Å². The van der Waals surface area contributed by atoms with E-state index < -0.39 is 6.03 Å². The molecule has 0 aromatic carbocycles. The smallest absolute Gasteiger partial charge is 0.326 e. The van der Waals surface area contributed by atoms with Gasteiger partial charge in [-0.15, -0.1) is 0 Å². The Kier molecular flexibility index (Phi) is 3.53. The van der Waals surface area contributed by atoms with E-state index in [9.17, 15) is 4.79 Å². The molecule has 0 heterocycles. The van der Waals surface area contributed by atoms with Gasteiger partial charge in [-0.05, 0) is 0 Å². The molecule has 0 aliphatic heterocycles. The van der Waals surface area contributed by atoms with Crippen molar-refractivity contribution >= 4 is 18.7 Å². The van der Waals surface area contributed by atoms with Gasteiger partial charge in [0.25, 0.3) is 0 Å². The lowest BCUT2D eigenvalue weighted by Gasteiger charge is -1.96. The van der Waals surface area contributed by atoms with E-state index in [0.29, 0.717) is 5.88 Å². The normalized spacial score (nSPS) is 8.14. The highest BCUT2D eigenvalue weighted by molar-refractivity contribution is 7.80. The molecule has 2 amide bonds. The van der Waals surface area contributed by atoms with Gasteiger partial charge < -0.3 is 5.73 Å². The maximum Gasteiger partial charge on any atom is 0.326 e. The van der Waals surface area contributed by atoms with Crippen molar-refractivity contribution in [1.29, 1.82) is 0 Å². The largest absolute Gasteiger partial charge is 0.351 e. The van der Waals surface area contributed by atoms with Gasteiger partial charge in [-0.1, -0.05) is 0 Å². The number of amides is 2. The van der Waals surface area contributed by atoms with E-state index in [1.165, 1.54) is 0 Å². The van der Waals surface area contributed by atoms with Gasteiger partial charge in [0.15, 0.2) is 0 Å². The zero-order chi connectivity index (χ0) is 5.70. The lowest BCUT2D eigenvalue weighted by atomic mass is 11.1. The van der Waals surface area contributed by atoms with Crippen molar-refractivity contribution in [3.05, 3.63) is 0 Å². The van der Waals surface area contributed by atoms with E-state index in [1.807, 2.05) is 0 Å². The molecule has 0 saturated heterocycles. The third-order valence-corrected chi connectivity index (χ3v) is 0.449. The number of nitrogens with one attached hydrogen (secondary N) is 2. The second-order valence-electron chi connectivity index (χ2n) is 0.824. The van der Waals surface area contributed by atoms with Crippen LogP contribution in [0.1, 0.15) is 0 Å². The third-order valence-electron chi connectivity index (χ3n) is 0.291. The minimum atomic E-state index is -0.603. The van der Waals surface area contributed by atoms with Crippen LogP contribution in [-0.2, 0) is 0 Å². The summed E-state index contributed by atoms with van der Waals surface area (Å²) in [7, 11) is 0. The first kappa shape index (κ1) is 6.58. The van der Waals surface area contributed by atoms with Gasteiger partial charge in [-0.25, -0.2) is 10.2 Å². The molecule has 5 heteroatoms. The number of carbonyl (C=O) groups excluding carboxylic acids is 1. The SMILES string of the molecule is NC(=O)NNCS. The molecule has 0 aliphatic rings. The molecule has 4 nitrogen and oxygen atoms in total. The molecule has 0 bridgehead atoms. The Bertz CT molecular complexity index is 66.0. The fourth-order valence-electron chi connectivity index (χ4n) is 0.127. The van der Waals surface area contributed by atoms with E-state index in [2.05, 4.69) is 29.2 Å². The predicted molar refractivity (Wildman–Crippen MR) is 29.7 cm³/mol. The van der Waals surface area contributed by atoms with Crippen LogP contribution in [0.3, 0.4) is 0 Å². The van der Waals surface area contributed by atoms with Gasteiger partial charge in [-0.3, -0.25) is 5.43 Å². The van der Waals surface area contributed by atoms with Crippen LogP contribution in [0.4, 0.5) is 4.79 Å². The molecular formula is C2H7N3OS. The van der Waals surface area contributed by atoms with Gasteiger partial charge in [0.05, 0.1) is 5.88 Å². The van der Waals surface area contributed by atoms with Crippen LogP contribution in [0.15, 0.2) is 0 Å². The molecule has 42 valence electrons. The Labute approximate surface area is 46.8 Å². The maximum atomic E-state index is 9.77. The number of nitrogens with two attached hydrogens (primary N) is 1. The summed E-state index contributed by atoms with van der Waals surface area (Å²) >= 11 is 3.71. The Balaban J connectivity index is 2.82. The quantitative estimate of drug-likeness (QED) is 0.216. The number of primary amides is 1.